The van der Waals surface area contributed by atoms with Crippen LogP contribution in [-0.2, 0) is 0 Å². The summed E-state index contributed by atoms with van der Waals surface area (Å²) in [6, 6.07) is 0. The summed E-state index contributed by atoms with van der Waals surface area (Å²) in [6.45, 7) is 14.6. The summed E-state index contributed by atoms with van der Waals surface area (Å²) in [5.74, 6) is 0. The minimum Gasteiger partial charge on any atom is -0.0958 e. The van der Waals surface area contributed by atoms with E-state index in [1.807, 2.05) is 6.92 Å². The third-order valence-electron chi connectivity index (χ3n) is 2.25. The molecule has 0 heteroatoms. The molecule has 0 atom stereocenters. The van der Waals surface area contributed by atoms with Crippen molar-refractivity contribution in [2.45, 2.75) is 41.0 Å². The monoisotopic (exact) mass is 164 g/mol. The van der Waals surface area contributed by atoms with Crippen LogP contribution in [0.1, 0.15) is 41.0 Å². The van der Waals surface area contributed by atoms with Gasteiger partial charge in [-0.05, 0) is 45.3 Å². The smallest absolute Gasteiger partial charge is 0.0348 e. The molecule has 0 saturated carbocycles. The topological polar surface area (TPSA) is 0 Å². The van der Waals surface area contributed by atoms with Crippen molar-refractivity contribution in [3.8, 4) is 0 Å². The molecule has 0 rings (SSSR count). The van der Waals surface area contributed by atoms with Crippen molar-refractivity contribution in [3.63, 3.8) is 0 Å². The first-order chi connectivity index (χ1) is 5.49. The summed E-state index contributed by atoms with van der Waals surface area (Å²) in [5.41, 5.74) is 5.23. The maximum atomic E-state index is 3.92. The summed E-state index contributed by atoms with van der Waals surface area (Å²) in [5, 5.41) is 0. The third kappa shape index (κ3) is 3.56. The molecule has 0 aromatic rings. The summed E-state index contributed by atoms with van der Waals surface area (Å²) >= 11 is 0. The van der Waals surface area contributed by atoms with Crippen molar-refractivity contribution < 1.29 is 0 Å². The molecule has 0 fully saturated rings. The predicted octanol–water partition coefficient (Wildman–Crippen LogP) is 4.26. The molecule has 0 aliphatic rings. The molecule has 0 spiro atoms. The van der Waals surface area contributed by atoms with E-state index in [-0.39, 0.29) is 0 Å². The Morgan fingerprint density at radius 1 is 1.17 bits per heavy atom. The highest BCUT2D eigenvalue weighted by Crippen LogP contribution is 2.14. The van der Waals surface area contributed by atoms with E-state index in [2.05, 4.69) is 40.3 Å². The van der Waals surface area contributed by atoms with Gasteiger partial charge in [-0.3, -0.25) is 0 Å². The van der Waals surface area contributed by atoms with Crippen LogP contribution in [0.25, 0.3) is 0 Å². The second kappa shape index (κ2) is 4.97. The molecule has 68 valence electrons. The second-order valence-electron chi connectivity index (χ2n) is 3.43. The summed E-state index contributed by atoms with van der Waals surface area (Å²) in [6.07, 6.45) is 3.37. The zero-order valence-corrected chi connectivity index (χ0v) is 8.99. The maximum absolute atomic E-state index is 3.92. The Hall–Kier alpha value is -0.780. The van der Waals surface area contributed by atoms with Crippen molar-refractivity contribution in [3.05, 3.63) is 34.9 Å². The van der Waals surface area contributed by atoms with Gasteiger partial charge >= 0.3 is 0 Å². The first-order valence-corrected chi connectivity index (χ1v) is 4.49. The largest absolute Gasteiger partial charge is 0.0958 e. The lowest BCUT2D eigenvalue weighted by Gasteiger charge is -2.04. The molecule has 0 heterocycles. The Morgan fingerprint density at radius 3 is 2.00 bits per heavy atom. The van der Waals surface area contributed by atoms with E-state index in [9.17, 15) is 0 Å². The van der Waals surface area contributed by atoms with Crippen LogP contribution in [0.2, 0.25) is 0 Å². The normalized spacial score (nSPS) is 14.2. The summed E-state index contributed by atoms with van der Waals surface area (Å²) in [7, 11) is 0. The van der Waals surface area contributed by atoms with Crippen LogP contribution >= 0.6 is 0 Å². The van der Waals surface area contributed by atoms with Gasteiger partial charge in [-0.15, -0.1) is 0 Å². The van der Waals surface area contributed by atoms with Crippen molar-refractivity contribution in [1.29, 1.82) is 0 Å². The Morgan fingerprint density at radius 2 is 1.67 bits per heavy atom. The minimum atomic E-state index is 1.13. The van der Waals surface area contributed by atoms with Crippen LogP contribution in [0.15, 0.2) is 34.9 Å². The van der Waals surface area contributed by atoms with Crippen LogP contribution in [0.3, 0.4) is 0 Å². The Labute approximate surface area is 76.7 Å². The average molecular weight is 164 g/mol. The average Bonchev–Trinajstić information content (AvgIpc) is 2.02. The molecular weight excluding hydrogens is 144 g/mol. The van der Waals surface area contributed by atoms with E-state index in [1.165, 1.54) is 16.7 Å². The number of rotatable bonds is 3. The first kappa shape index (κ1) is 11.2. The van der Waals surface area contributed by atoms with Gasteiger partial charge in [0.2, 0.25) is 0 Å². The lowest BCUT2D eigenvalue weighted by atomic mass is 10.0. The quantitative estimate of drug-likeness (QED) is 0.547. The van der Waals surface area contributed by atoms with Crippen LogP contribution in [-0.4, -0.2) is 0 Å². The molecule has 0 aromatic heterocycles. The zero-order valence-electron chi connectivity index (χ0n) is 8.99. The van der Waals surface area contributed by atoms with Gasteiger partial charge in [0, 0.05) is 0 Å². The van der Waals surface area contributed by atoms with Crippen LogP contribution < -0.4 is 0 Å². The molecule has 12 heavy (non-hydrogen) atoms. The molecule has 0 aliphatic heterocycles. The minimum absolute atomic E-state index is 1.13. The van der Waals surface area contributed by atoms with Crippen LogP contribution in [0, 0.1) is 0 Å². The zero-order chi connectivity index (χ0) is 9.72. The standard InChI is InChI=1S/C12H20/c1-7-10(4)8-11(5)12(6)9(2)3/h8H,2,7H2,1,3-6H3/b10-8-,12-11-. The highest BCUT2D eigenvalue weighted by atomic mass is 14.0. The molecule has 0 bridgehead atoms. The summed E-state index contributed by atoms with van der Waals surface area (Å²) in [4.78, 5) is 0. The molecule has 0 radical (unpaired) electrons. The van der Waals surface area contributed by atoms with Gasteiger partial charge in [0.05, 0.1) is 0 Å². The van der Waals surface area contributed by atoms with Crippen molar-refractivity contribution in [1.82, 2.24) is 0 Å². The molecule has 0 nitrogen and oxygen atoms in total. The van der Waals surface area contributed by atoms with Crippen molar-refractivity contribution >= 4 is 0 Å². The van der Waals surface area contributed by atoms with E-state index in [4.69, 9.17) is 0 Å². The number of allylic oxidation sites excluding steroid dienone is 5. The Kier molecular flexibility index (Phi) is 4.65. The third-order valence-corrected chi connectivity index (χ3v) is 2.25. The van der Waals surface area contributed by atoms with Gasteiger partial charge < -0.3 is 0 Å². The van der Waals surface area contributed by atoms with Gasteiger partial charge in [-0.2, -0.15) is 0 Å². The van der Waals surface area contributed by atoms with Crippen molar-refractivity contribution in [2.75, 3.05) is 0 Å². The van der Waals surface area contributed by atoms with E-state index in [1.54, 1.807) is 0 Å². The summed E-state index contributed by atoms with van der Waals surface area (Å²) < 4.78 is 0. The molecular formula is C12H20. The Bertz CT molecular complexity index is 226. The number of hydrogen-bond acceptors (Lipinski definition) is 0. The first-order valence-electron chi connectivity index (χ1n) is 4.49. The second-order valence-corrected chi connectivity index (χ2v) is 3.43. The molecule has 0 N–H and O–H groups in total. The Balaban J connectivity index is 4.69. The van der Waals surface area contributed by atoms with Gasteiger partial charge in [0.1, 0.15) is 0 Å². The highest BCUT2D eigenvalue weighted by molar-refractivity contribution is 5.35. The van der Waals surface area contributed by atoms with E-state index < -0.39 is 0 Å². The maximum Gasteiger partial charge on any atom is -0.0348 e. The van der Waals surface area contributed by atoms with Gasteiger partial charge in [0.25, 0.3) is 0 Å². The fraction of sp³-hybridized carbons (Fsp3) is 0.500. The molecule has 0 unspecified atom stereocenters. The molecule has 0 aliphatic carbocycles. The number of hydrogen-bond donors (Lipinski definition) is 0. The lowest BCUT2D eigenvalue weighted by molar-refractivity contribution is 1.09. The van der Waals surface area contributed by atoms with E-state index in [0.717, 1.165) is 12.0 Å². The van der Waals surface area contributed by atoms with E-state index >= 15 is 0 Å². The SMILES string of the molecule is C=C(C)/C(C)=C(C)\C=C(\C)CC. The highest BCUT2D eigenvalue weighted by Gasteiger charge is 1.94. The van der Waals surface area contributed by atoms with E-state index in [0.29, 0.717) is 0 Å². The fourth-order valence-corrected chi connectivity index (χ4v) is 0.917. The lowest BCUT2D eigenvalue weighted by Crippen LogP contribution is -1.83. The molecule has 0 aromatic carbocycles. The predicted molar refractivity (Wildman–Crippen MR) is 57.2 cm³/mol. The molecule has 0 amide bonds. The van der Waals surface area contributed by atoms with Crippen LogP contribution in [0.5, 0.6) is 0 Å². The van der Waals surface area contributed by atoms with Crippen LogP contribution in [0.4, 0.5) is 0 Å². The van der Waals surface area contributed by atoms with Gasteiger partial charge in [-0.1, -0.05) is 30.7 Å². The van der Waals surface area contributed by atoms with Gasteiger partial charge in [-0.25, -0.2) is 0 Å². The van der Waals surface area contributed by atoms with Gasteiger partial charge in [0.15, 0.2) is 0 Å². The van der Waals surface area contributed by atoms with Crippen molar-refractivity contribution in [2.24, 2.45) is 0 Å². The molecule has 0 saturated heterocycles. The fourth-order valence-electron chi connectivity index (χ4n) is 0.917.